The van der Waals surface area contributed by atoms with Crippen molar-refractivity contribution in [1.82, 2.24) is 4.90 Å². The molecule has 0 aromatic heterocycles. The second-order valence-electron chi connectivity index (χ2n) is 5.06. The van der Waals surface area contributed by atoms with Crippen LogP contribution in [0.25, 0.3) is 0 Å². The van der Waals surface area contributed by atoms with Gasteiger partial charge in [-0.25, -0.2) is 4.90 Å². The fourth-order valence-electron chi connectivity index (χ4n) is 2.54. The smallest absolute Gasteiger partial charge is 0.310 e. The van der Waals surface area contributed by atoms with E-state index in [4.69, 9.17) is 9.47 Å². The van der Waals surface area contributed by atoms with Gasteiger partial charge < -0.3 is 9.47 Å². The van der Waals surface area contributed by atoms with Gasteiger partial charge in [0.15, 0.2) is 6.73 Å². The Hall–Kier alpha value is -2.21. The van der Waals surface area contributed by atoms with Crippen molar-refractivity contribution < 1.29 is 23.9 Å². The third-order valence-electron chi connectivity index (χ3n) is 3.77. The molecule has 110 valence electrons. The van der Waals surface area contributed by atoms with E-state index in [2.05, 4.69) is 0 Å². The average Bonchev–Trinajstić information content (AvgIpc) is 2.78. The van der Waals surface area contributed by atoms with Gasteiger partial charge in [0.05, 0.1) is 17.0 Å². The Bertz CT molecular complexity index is 556. The third-order valence-corrected chi connectivity index (χ3v) is 3.77. The molecule has 0 atom stereocenters. The zero-order chi connectivity index (χ0) is 14.8. The highest BCUT2D eigenvalue weighted by Gasteiger charge is 2.36. The monoisotopic (exact) mass is 289 g/mol. The van der Waals surface area contributed by atoms with Crippen LogP contribution in [0.1, 0.15) is 33.6 Å². The van der Waals surface area contributed by atoms with Crippen LogP contribution in [-0.4, -0.2) is 42.6 Å². The normalized spacial score (nSPS) is 18.8. The minimum atomic E-state index is -0.421. The summed E-state index contributed by atoms with van der Waals surface area (Å²) < 4.78 is 10.3. The summed E-state index contributed by atoms with van der Waals surface area (Å²) in [6.45, 7) is 0.738. The van der Waals surface area contributed by atoms with Crippen LogP contribution < -0.4 is 0 Å². The summed E-state index contributed by atoms with van der Waals surface area (Å²) in [7, 11) is 0. The molecule has 2 amide bonds. The van der Waals surface area contributed by atoms with E-state index in [-0.39, 0.29) is 18.6 Å². The van der Waals surface area contributed by atoms with Gasteiger partial charge >= 0.3 is 5.97 Å². The van der Waals surface area contributed by atoms with Gasteiger partial charge in [0.1, 0.15) is 0 Å². The fraction of sp³-hybridized carbons (Fsp3) is 0.400. The van der Waals surface area contributed by atoms with E-state index in [9.17, 15) is 14.4 Å². The lowest BCUT2D eigenvalue weighted by Gasteiger charge is -2.21. The molecule has 6 heteroatoms. The molecule has 0 N–H and O–H groups in total. The molecule has 2 heterocycles. The highest BCUT2D eigenvalue weighted by atomic mass is 16.5. The summed E-state index contributed by atoms with van der Waals surface area (Å²) in [5.74, 6) is -1.44. The number of fused-ring (bicyclic) bond motifs is 1. The Morgan fingerprint density at radius 2 is 1.71 bits per heavy atom. The molecule has 1 saturated heterocycles. The summed E-state index contributed by atoms with van der Waals surface area (Å²) in [5.41, 5.74) is 0.703. The maximum absolute atomic E-state index is 12.1. The molecule has 0 unspecified atom stereocenters. The molecule has 0 bridgehead atoms. The number of imide groups is 1. The Balaban J connectivity index is 1.63. The molecule has 0 spiro atoms. The standard InChI is InChI=1S/C15H15NO5/c17-13-11-3-1-2-4-12(11)14(18)16(13)9-21-15(19)10-5-7-20-8-6-10/h1-4,10H,5-9H2. The number of amides is 2. The van der Waals surface area contributed by atoms with Gasteiger partial charge in [-0.1, -0.05) is 12.1 Å². The highest BCUT2D eigenvalue weighted by molar-refractivity contribution is 6.21. The summed E-state index contributed by atoms with van der Waals surface area (Å²) in [5, 5.41) is 0. The fourth-order valence-corrected chi connectivity index (χ4v) is 2.54. The van der Waals surface area contributed by atoms with E-state index in [1.54, 1.807) is 24.3 Å². The van der Waals surface area contributed by atoms with E-state index in [0.29, 0.717) is 37.2 Å². The Labute approximate surface area is 121 Å². The summed E-state index contributed by atoms with van der Waals surface area (Å²) in [6, 6.07) is 6.58. The first kappa shape index (κ1) is 13.8. The summed E-state index contributed by atoms with van der Waals surface area (Å²) >= 11 is 0. The molecule has 6 nitrogen and oxygen atoms in total. The van der Waals surface area contributed by atoms with Crippen molar-refractivity contribution in [1.29, 1.82) is 0 Å². The summed E-state index contributed by atoms with van der Waals surface area (Å²) in [6.07, 6.45) is 1.22. The second kappa shape index (κ2) is 5.65. The van der Waals surface area contributed by atoms with Gasteiger partial charge in [-0.15, -0.1) is 0 Å². The largest absolute Gasteiger partial charge is 0.443 e. The molecular formula is C15H15NO5. The van der Waals surface area contributed by atoms with Crippen LogP contribution in [0.3, 0.4) is 0 Å². The molecule has 0 aliphatic carbocycles. The van der Waals surface area contributed by atoms with Crippen molar-refractivity contribution in [2.75, 3.05) is 19.9 Å². The number of benzene rings is 1. The molecule has 1 fully saturated rings. The molecular weight excluding hydrogens is 274 g/mol. The third kappa shape index (κ3) is 2.54. The minimum Gasteiger partial charge on any atom is -0.443 e. The lowest BCUT2D eigenvalue weighted by Crippen LogP contribution is -2.35. The topological polar surface area (TPSA) is 72.9 Å². The highest BCUT2D eigenvalue weighted by Crippen LogP contribution is 2.23. The Kier molecular flexibility index (Phi) is 3.70. The van der Waals surface area contributed by atoms with Gasteiger partial charge in [-0.2, -0.15) is 0 Å². The van der Waals surface area contributed by atoms with E-state index >= 15 is 0 Å². The van der Waals surface area contributed by atoms with Crippen LogP contribution in [0.2, 0.25) is 0 Å². The first-order valence-electron chi connectivity index (χ1n) is 6.88. The Morgan fingerprint density at radius 1 is 1.14 bits per heavy atom. The minimum absolute atomic E-state index is 0.214. The van der Waals surface area contributed by atoms with Crippen molar-refractivity contribution in [3.05, 3.63) is 35.4 Å². The van der Waals surface area contributed by atoms with Crippen LogP contribution in [-0.2, 0) is 14.3 Å². The Morgan fingerprint density at radius 3 is 2.29 bits per heavy atom. The predicted molar refractivity (Wildman–Crippen MR) is 71.4 cm³/mol. The van der Waals surface area contributed by atoms with Crippen molar-refractivity contribution in [3.63, 3.8) is 0 Å². The maximum Gasteiger partial charge on any atom is 0.310 e. The zero-order valence-corrected chi connectivity index (χ0v) is 11.4. The average molecular weight is 289 g/mol. The van der Waals surface area contributed by atoms with E-state index < -0.39 is 11.8 Å². The van der Waals surface area contributed by atoms with Gasteiger partial charge in [0.2, 0.25) is 0 Å². The van der Waals surface area contributed by atoms with Crippen molar-refractivity contribution >= 4 is 17.8 Å². The van der Waals surface area contributed by atoms with Crippen LogP contribution in [0.4, 0.5) is 0 Å². The number of hydrogen-bond donors (Lipinski definition) is 0. The number of rotatable bonds is 3. The zero-order valence-electron chi connectivity index (χ0n) is 11.4. The number of nitrogens with zero attached hydrogens (tertiary/aromatic N) is 1. The van der Waals surface area contributed by atoms with Crippen molar-refractivity contribution in [3.8, 4) is 0 Å². The van der Waals surface area contributed by atoms with Crippen LogP contribution in [0.15, 0.2) is 24.3 Å². The second-order valence-corrected chi connectivity index (χ2v) is 5.06. The molecule has 0 saturated carbocycles. The van der Waals surface area contributed by atoms with Crippen molar-refractivity contribution in [2.24, 2.45) is 5.92 Å². The molecule has 2 aliphatic rings. The summed E-state index contributed by atoms with van der Waals surface area (Å²) in [4.78, 5) is 37.1. The number of esters is 1. The molecule has 3 rings (SSSR count). The molecule has 2 aliphatic heterocycles. The van der Waals surface area contributed by atoms with Gasteiger partial charge in [-0.05, 0) is 25.0 Å². The number of hydrogen-bond acceptors (Lipinski definition) is 5. The lowest BCUT2D eigenvalue weighted by molar-refractivity contribution is -0.154. The van der Waals surface area contributed by atoms with Gasteiger partial charge in [-0.3, -0.25) is 14.4 Å². The van der Waals surface area contributed by atoms with Crippen LogP contribution in [0, 0.1) is 5.92 Å². The number of carbonyl (C=O) groups excluding carboxylic acids is 3. The van der Waals surface area contributed by atoms with Crippen LogP contribution >= 0.6 is 0 Å². The molecule has 0 radical (unpaired) electrons. The SMILES string of the molecule is O=C(OCN1C(=O)c2ccccc2C1=O)C1CCOCC1. The number of ether oxygens (including phenoxy) is 2. The molecule has 1 aromatic carbocycles. The quantitative estimate of drug-likeness (QED) is 0.617. The van der Waals surface area contributed by atoms with E-state index in [1.807, 2.05) is 0 Å². The maximum atomic E-state index is 12.1. The lowest BCUT2D eigenvalue weighted by atomic mass is 10.0. The van der Waals surface area contributed by atoms with E-state index in [0.717, 1.165) is 4.90 Å². The van der Waals surface area contributed by atoms with Crippen LogP contribution in [0.5, 0.6) is 0 Å². The first-order chi connectivity index (χ1) is 10.2. The van der Waals surface area contributed by atoms with Gasteiger partial charge in [0, 0.05) is 13.2 Å². The number of carbonyl (C=O) groups is 3. The molecule has 1 aromatic rings. The predicted octanol–water partition coefficient (Wildman–Crippen LogP) is 1.21. The first-order valence-corrected chi connectivity index (χ1v) is 6.88. The van der Waals surface area contributed by atoms with E-state index in [1.165, 1.54) is 0 Å². The molecule has 21 heavy (non-hydrogen) atoms. The van der Waals surface area contributed by atoms with Gasteiger partial charge in [0.25, 0.3) is 11.8 Å². The van der Waals surface area contributed by atoms with Crippen molar-refractivity contribution in [2.45, 2.75) is 12.8 Å².